The van der Waals surface area contributed by atoms with E-state index in [0.717, 1.165) is 17.9 Å². The van der Waals surface area contributed by atoms with E-state index in [-0.39, 0.29) is 0 Å². The molecule has 1 aliphatic rings. The third kappa shape index (κ3) is 1.98. The van der Waals surface area contributed by atoms with Crippen molar-refractivity contribution >= 4 is 15.9 Å². The van der Waals surface area contributed by atoms with Gasteiger partial charge in [-0.05, 0) is 36.5 Å². The van der Waals surface area contributed by atoms with Gasteiger partial charge in [-0.1, -0.05) is 15.9 Å². The number of halogens is 1. The highest BCUT2D eigenvalue weighted by Crippen LogP contribution is 2.42. The van der Waals surface area contributed by atoms with Gasteiger partial charge in [0.1, 0.15) is 11.5 Å². The van der Waals surface area contributed by atoms with Gasteiger partial charge in [-0.2, -0.15) is 0 Å². The molecule has 1 aromatic rings. The number of hydrogen-bond acceptors (Lipinski definition) is 2. The second-order valence-electron chi connectivity index (χ2n) is 3.76. The van der Waals surface area contributed by atoms with Crippen LogP contribution >= 0.6 is 15.9 Å². The second-order valence-corrected chi connectivity index (χ2v) is 4.86. The molecule has 2 nitrogen and oxygen atoms in total. The number of hydrogen-bond donors (Lipinski definition) is 0. The number of benzene rings is 1. The van der Waals surface area contributed by atoms with Crippen LogP contribution in [0.25, 0.3) is 0 Å². The van der Waals surface area contributed by atoms with Gasteiger partial charge < -0.3 is 9.47 Å². The van der Waals surface area contributed by atoms with E-state index in [1.165, 1.54) is 24.0 Å². The summed E-state index contributed by atoms with van der Waals surface area (Å²) in [4.78, 5) is 0.435. The molecule has 1 aliphatic carbocycles. The zero-order valence-corrected chi connectivity index (χ0v) is 10.6. The first kappa shape index (κ1) is 10.8. The predicted molar refractivity (Wildman–Crippen MR) is 64.2 cm³/mol. The van der Waals surface area contributed by atoms with Gasteiger partial charge in [-0.15, -0.1) is 0 Å². The van der Waals surface area contributed by atoms with Crippen molar-refractivity contribution in [3.63, 3.8) is 0 Å². The molecule has 0 aromatic heterocycles. The number of fused-ring (bicyclic) bond motifs is 1. The van der Waals surface area contributed by atoms with Crippen molar-refractivity contribution in [3.05, 3.63) is 23.3 Å². The third-order valence-corrected chi connectivity index (χ3v) is 3.85. The van der Waals surface area contributed by atoms with Crippen LogP contribution in [-0.2, 0) is 6.42 Å². The number of methoxy groups -OCH3 is 2. The molecule has 1 aromatic carbocycles. The second kappa shape index (κ2) is 4.44. The molecule has 82 valence electrons. The minimum absolute atomic E-state index is 0.435. The molecule has 0 radical (unpaired) electrons. The monoisotopic (exact) mass is 270 g/mol. The highest BCUT2D eigenvalue weighted by Gasteiger charge is 2.22. The Kier molecular flexibility index (Phi) is 3.19. The summed E-state index contributed by atoms with van der Waals surface area (Å²) in [5, 5.41) is 0. The zero-order valence-electron chi connectivity index (χ0n) is 9.05. The molecule has 3 heteroatoms. The van der Waals surface area contributed by atoms with E-state index >= 15 is 0 Å². The summed E-state index contributed by atoms with van der Waals surface area (Å²) in [7, 11) is 3.40. The fourth-order valence-electron chi connectivity index (χ4n) is 2.10. The van der Waals surface area contributed by atoms with Crippen LogP contribution in [0.1, 0.15) is 28.8 Å². The van der Waals surface area contributed by atoms with E-state index in [1.54, 1.807) is 14.2 Å². The number of alkyl halides is 1. The zero-order chi connectivity index (χ0) is 10.8. The Morgan fingerprint density at radius 2 is 2.07 bits per heavy atom. The molecule has 0 fully saturated rings. The number of rotatable bonds is 2. The molecule has 0 saturated heterocycles. The molecule has 0 aliphatic heterocycles. The molecule has 15 heavy (non-hydrogen) atoms. The van der Waals surface area contributed by atoms with Crippen molar-refractivity contribution in [2.75, 3.05) is 14.2 Å². The van der Waals surface area contributed by atoms with Crippen LogP contribution in [0.4, 0.5) is 0 Å². The van der Waals surface area contributed by atoms with Gasteiger partial charge in [-0.25, -0.2) is 0 Å². The Hall–Kier alpha value is -0.700. The average molecular weight is 271 g/mol. The van der Waals surface area contributed by atoms with Crippen molar-refractivity contribution in [2.24, 2.45) is 0 Å². The van der Waals surface area contributed by atoms with Crippen LogP contribution in [-0.4, -0.2) is 14.2 Å². The van der Waals surface area contributed by atoms with E-state index < -0.39 is 0 Å². The lowest BCUT2D eigenvalue weighted by Crippen LogP contribution is -2.07. The molecule has 0 amide bonds. The first-order valence-electron chi connectivity index (χ1n) is 5.15. The van der Waals surface area contributed by atoms with Crippen LogP contribution in [0.5, 0.6) is 11.5 Å². The van der Waals surface area contributed by atoms with E-state index in [0.29, 0.717) is 4.83 Å². The minimum atomic E-state index is 0.435. The Labute approximate surface area is 98.7 Å². The third-order valence-electron chi connectivity index (χ3n) is 2.89. The van der Waals surface area contributed by atoms with Crippen LogP contribution < -0.4 is 9.47 Å². The van der Waals surface area contributed by atoms with E-state index in [9.17, 15) is 0 Å². The van der Waals surface area contributed by atoms with Gasteiger partial charge in [0.05, 0.1) is 14.2 Å². The van der Waals surface area contributed by atoms with Crippen LogP contribution in [0.2, 0.25) is 0 Å². The van der Waals surface area contributed by atoms with Crippen LogP contribution in [0, 0.1) is 0 Å². The molecule has 0 heterocycles. The molecule has 0 N–H and O–H groups in total. The molecule has 1 atom stereocenters. The van der Waals surface area contributed by atoms with E-state index in [1.807, 2.05) is 6.07 Å². The van der Waals surface area contributed by atoms with Gasteiger partial charge in [0.15, 0.2) is 0 Å². The van der Waals surface area contributed by atoms with Crippen LogP contribution in [0.3, 0.4) is 0 Å². The van der Waals surface area contributed by atoms with Gasteiger partial charge >= 0.3 is 0 Å². The SMILES string of the molecule is COc1cc(OC)c2c(c1)C(Br)CCC2. The van der Waals surface area contributed by atoms with Crippen molar-refractivity contribution in [2.45, 2.75) is 24.1 Å². The summed E-state index contributed by atoms with van der Waals surface area (Å²) in [5.74, 6) is 1.82. The molecule has 2 rings (SSSR count). The van der Waals surface area contributed by atoms with Gasteiger partial charge in [0.25, 0.3) is 0 Å². The highest BCUT2D eigenvalue weighted by atomic mass is 79.9. The first-order valence-corrected chi connectivity index (χ1v) is 6.06. The van der Waals surface area contributed by atoms with E-state index in [2.05, 4.69) is 22.0 Å². The smallest absolute Gasteiger partial charge is 0.126 e. The lowest BCUT2D eigenvalue weighted by molar-refractivity contribution is 0.387. The number of ether oxygens (including phenoxy) is 2. The molecular weight excluding hydrogens is 256 g/mol. The Bertz CT molecular complexity index is 363. The van der Waals surface area contributed by atoms with Crippen molar-refractivity contribution < 1.29 is 9.47 Å². The highest BCUT2D eigenvalue weighted by molar-refractivity contribution is 9.09. The maximum atomic E-state index is 5.40. The summed E-state index contributed by atoms with van der Waals surface area (Å²) in [6, 6.07) is 4.07. The molecule has 0 saturated carbocycles. The summed E-state index contributed by atoms with van der Waals surface area (Å²) < 4.78 is 10.7. The van der Waals surface area contributed by atoms with Crippen LogP contribution in [0.15, 0.2) is 12.1 Å². The Morgan fingerprint density at radius 1 is 1.27 bits per heavy atom. The fraction of sp³-hybridized carbons (Fsp3) is 0.500. The largest absolute Gasteiger partial charge is 0.497 e. The summed E-state index contributed by atoms with van der Waals surface area (Å²) >= 11 is 3.70. The average Bonchev–Trinajstić information content (AvgIpc) is 2.28. The quantitative estimate of drug-likeness (QED) is 0.767. The molecule has 1 unspecified atom stereocenters. The van der Waals surface area contributed by atoms with Gasteiger partial charge in [0, 0.05) is 10.9 Å². The summed E-state index contributed by atoms with van der Waals surface area (Å²) in [6.45, 7) is 0. The van der Waals surface area contributed by atoms with Crippen molar-refractivity contribution in [1.29, 1.82) is 0 Å². The molecule has 0 spiro atoms. The first-order chi connectivity index (χ1) is 7.26. The summed E-state index contributed by atoms with van der Waals surface area (Å²) in [5.41, 5.74) is 2.64. The van der Waals surface area contributed by atoms with Crippen molar-refractivity contribution in [1.82, 2.24) is 0 Å². The van der Waals surface area contributed by atoms with Gasteiger partial charge in [-0.3, -0.25) is 0 Å². The maximum Gasteiger partial charge on any atom is 0.126 e. The Balaban J connectivity index is 2.52. The van der Waals surface area contributed by atoms with Crippen molar-refractivity contribution in [3.8, 4) is 11.5 Å². The normalized spacial score (nSPS) is 19.5. The Morgan fingerprint density at radius 3 is 2.73 bits per heavy atom. The standard InChI is InChI=1S/C12H15BrO2/c1-14-8-6-10-9(12(7-8)15-2)4-3-5-11(10)13/h6-7,11H,3-5H2,1-2H3. The predicted octanol–water partition coefficient (Wildman–Crippen LogP) is 3.48. The molecule has 0 bridgehead atoms. The van der Waals surface area contributed by atoms with Gasteiger partial charge in [0.2, 0.25) is 0 Å². The maximum absolute atomic E-state index is 5.40. The summed E-state index contributed by atoms with van der Waals surface area (Å²) in [6.07, 6.45) is 3.50. The minimum Gasteiger partial charge on any atom is -0.497 e. The van der Waals surface area contributed by atoms with E-state index in [4.69, 9.17) is 9.47 Å². The fourth-order valence-corrected chi connectivity index (χ4v) is 2.83. The lowest BCUT2D eigenvalue weighted by atomic mass is 9.90. The topological polar surface area (TPSA) is 18.5 Å². The molecular formula is C12H15BrO2. The lowest BCUT2D eigenvalue weighted by Gasteiger charge is -2.23.